The summed E-state index contributed by atoms with van der Waals surface area (Å²) in [6, 6.07) is 12.5. The Bertz CT molecular complexity index is 1510. The number of rotatable bonds is 10. The molecule has 10 nitrogen and oxygen atoms in total. The summed E-state index contributed by atoms with van der Waals surface area (Å²) in [6.07, 6.45) is -1.34. The van der Waals surface area contributed by atoms with E-state index in [0.29, 0.717) is 37.8 Å². The second-order valence-electron chi connectivity index (χ2n) is 10.7. The lowest BCUT2D eigenvalue weighted by molar-refractivity contribution is -0.146. The molecular formula is C31H34F2N4O6. The van der Waals surface area contributed by atoms with Gasteiger partial charge < -0.3 is 30.1 Å². The largest absolute Gasteiger partial charge is 0.479 e. The fourth-order valence-electron chi connectivity index (χ4n) is 4.69. The molecular weight excluding hydrogens is 562 g/mol. The first-order chi connectivity index (χ1) is 20.4. The van der Waals surface area contributed by atoms with E-state index in [0.717, 1.165) is 11.1 Å². The molecule has 4 rings (SSSR count). The molecule has 1 fully saturated rings. The topological polar surface area (TPSA) is 135 Å². The first-order valence-corrected chi connectivity index (χ1v) is 13.9. The number of aromatic nitrogens is 1. The van der Waals surface area contributed by atoms with Crippen LogP contribution >= 0.6 is 0 Å². The smallest absolute Gasteiger partial charge is 0.344 e. The maximum Gasteiger partial charge on any atom is 0.344 e. The van der Waals surface area contributed by atoms with Gasteiger partial charge in [0.25, 0.3) is 17.7 Å². The van der Waals surface area contributed by atoms with Crippen molar-refractivity contribution in [3.05, 3.63) is 71.3 Å². The van der Waals surface area contributed by atoms with Gasteiger partial charge in [-0.05, 0) is 53.3 Å². The van der Waals surface area contributed by atoms with Gasteiger partial charge in [-0.15, -0.1) is 0 Å². The second-order valence-corrected chi connectivity index (χ2v) is 10.7. The first kappa shape index (κ1) is 31.4. The third kappa shape index (κ3) is 7.83. The number of carboxylic acid groups (broad SMARTS) is 1. The van der Waals surface area contributed by atoms with Crippen LogP contribution in [0, 0.1) is 17.6 Å². The highest BCUT2D eigenvalue weighted by molar-refractivity contribution is 5.96. The molecule has 3 N–H and O–H groups in total. The summed E-state index contributed by atoms with van der Waals surface area (Å²) in [4.78, 5) is 44.0. The van der Waals surface area contributed by atoms with Crippen LogP contribution in [0.4, 0.5) is 8.78 Å². The molecule has 1 aromatic heterocycles. The summed E-state index contributed by atoms with van der Waals surface area (Å²) in [5.74, 6) is -5.48. The van der Waals surface area contributed by atoms with Crippen molar-refractivity contribution in [1.82, 2.24) is 14.8 Å². The molecule has 0 bridgehead atoms. The zero-order chi connectivity index (χ0) is 31.3. The van der Waals surface area contributed by atoms with E-state index in [1.165, 1.54) is 13.0 Å². The van der Waals surface area contributed by atoms with Crippen molar-refractivity contribution in [2.75, 3.05) is 26.2 Å². The van der Waals surface area contributed by atoms with Gasteiger partial charge >= 0.3 is 5.97 Å². The Morgan fingerprint density at radius 3 is 2.26 bits per heavy atom. The zero-order valence-electron chi connectivity index (χ0n) is 24.2. The fourth-order valence-corrected chi connectivity index (χ4v) is 4.69. The average Bonchev–Trinajstić information content (AvgIpc) is 2.98. The summed E-state index contributed by atoms with van der Waals surface area (Å²) in [6.45, 7) is 6.77. The van der Waals surface area contributed by atoms with Crippen LogP contribution in [0.5, 0.6) is 17.5 Å². The third-order valence-electron chi connectivity index (χ3n) is 6.96. The highest BCUT2D eigenvalue weighted by atomic mass is 19.1. The average molecular weight is 597 g/mol. The summed E-state index contributed by atoms with van der Waals surface area (Å²) in [7, 11) is 0. The van der Waals surface area contributed by atoms with Gasteiger partial charge in [-0.3, -0.25) is 9.59 Å². The quantitative estimate of drug-likeness (QED) is 0.350. The second kappa shape index (κ2) is 13.6. The summed E-state index contributed by atoms with van der Waals surface area (Å²) >= 11 is 0. The Hall–Kier alpha value is -4.58. The van der Waals surface area contributed by atoms with E-state index in [-0.39, 0.29) is 42.0 Å². The summed E-state index contributed by atoms with van der Waals surface area (Å²) in [5.41, 5.74) is 8.19. The maximum absolute atomic E-state index is 14.9. The van der Waals surface area contributed by atoms with Gasteiger partial charge in [0, 0.05) is 51.3 Å². The summed E-state index contributed by atoms with van der Waals surface area (Å²) in [5, 5.41) is 9.50. The fraction of sp³-hybridized carbons (Fsp3) is 0.355. The Labute approximate surface area is 248 Å². The molecule has 0 spiro atoms. The van der Waals surface area contributed by atoms with Crippen LogP contribution in [-0.2, 0) is 16.1 Å². The van der Waals surface area contributed by atoms with Crippen molar-refractivity contribution in [3.8, 4) is 28.6 Å². The number of hydrogen-bond acceptors (Lipinski definition) is 7. The number of piperazine rings is 1. The van der Waals surface area contributed by atoms with Crippen LogP contribution in [0.3, 0.4) is 0 Å². The van der Waals surface area contributed by atoms with E-state index in [1.807, 2.05) is 24.3 Å². The number of amides is 2. The number of pyridine rings is 1. The molecule has 1 unspecified atom stereocenters. The van der Waals surface area contributed by atoms with E-state index < -0.39 is 35.5 Å². The molecule has 228 valence electrons. The third-order valence-corrected chi connectivity index (χ3v) is 6.96. The van der Waals surface area contributed by atoms with Crippen LogP contribution in [0.2, 0.25) is 0 Å². The molecule has 0 aliphatic carbocycles. The SMILES string of the molecule is CC(=O)N1CCN(C(=O)c2cc(Oc3nc(OC(CC(C)C)C(=O)O)c(F)cc3F)cc(-c3cccc(CN)c3)c2)CC1. The van der Waals surface area contributed by atoms with Crippen LogP contribution in [0.1, 0.15) is 43.1 Å². The molecule has 1 aliphatic rings. The highest BCUT2D eigenvalue weighted by Gasteiger charge is 2.26. The number of hydrogen-bond donors (Lipinski definition) is 2. The molecule has 0 radical (unpaired) electrons. The number of benzene rings is 2. The minimum Gasteiger partial charge on any atom is -0.479 e. The highest BCUT2D eigenvalue weighted by Crippen LogP contribution is 2.33. The molecule has 0 saturated carbocycles. The zero-order valence-corrected chi connectivity index (χ0v) is 24.2. The minimum atomic E-state index is -1.41. The van der Waals surface area contributed by atoms with Crippen molar-refractivity contribution >= 4 is 17.8 Å². The summed E-state index contributed by atoms with van der Waals surface area (Å²) < 4.78 is 40.5. The Balaban J connectivity index is 1.70. The van der Waals surface area contributed by atoms with Gasteiger partial charge in [-0.25, -0.2) is 13.6 Å². The van der Waals surface area contributed by atoms with Gasteiger partial charge in [-0.1, -0.05) is 32.0 Å². The molecule has 3 aromatic rings. The predicted octanol–water partition coefficient (Wildman–Crippen LogP) is 4.46. The van der Waals surface area contributed by atoms with Crippen molar-refractivity contribution in [2.24, 2.45) is 11.7 Å². The van der Waals surface area contributed by atoms with Crippen molar-refractivity contribution in [3.63, 3.8) is 0 Å². The number of nitrogens with two attached hydrogens (primary N) is 1. The lowest BCUT2D eigenvalue weighted by Gasteiger charge is -2.34. The Morgan fingerprint density at radius 2 is 1.63 bits per heavy atom. The molecule has 12 heteroatoms. The van der Waals surface area contributed by atoms with E-state index >= 15 is 0 Å². The number of carboxylic acids is 1. The van der Waals surface area contributed by atoms with Crippen LogP contribution in [0.25, 0.3) is 11.1 Å². The lowest BCUT2D eigenvalue weighted by Crippen LogP contribution is -2.50. The molecule has 1 aliphatic heterocycles. The van der Waals surface area contributed by atoms with Crippen molar-refractivity contribution in [2.45, 2.75) is 39.8 Å². The monoisotopic (exact) mass is 596 g/mol. The predicted molar refractivity (Wildman–Crippen MR) is 154 cm³/mol. The molecule has 1 saturated heterocycles. The standard InChI is InChI=1S/C31H34F2N4O6/c1-18(2)11-27(31(40)41)43-29-26(33)16-25(32)28(35-29)42-24-14-22(21-6-4-5-20(12-21)17-34)13-23(15-24)30(39)37-9-7-36(8-10-37)19(3)38/h4-6,12-16,18,27H,7-11,17,34H2,1-3H3,(H,40,41). The molecule has 2 aromatic carbocycles. The number of ether oxygens (including phenoxy) is 2. The number of halogens is 2. The van der Waals surface area contributed by atoms with E-state index in [4.69, 9.17) is 15.2 Å². The van der Waals surface area contributed by atoms with E-state index in [2.05, 4.69) is 4.98 Å². The van der Waals surface area contributed by atoms with Crippen molar-refractivity contribution < 1.29 is 37.7 Å². The van der Waals surface area contributed by atoms with E-state index in [9.17, 15) is 28.3 Å². The first-order valence-electron chi connectivity index (χ1n) is 13.9. The lowest BCUT2D eigenvalue weighted by atomic mass is 10.00. The maximum atomic E-state index is 14.9. The van der Waals surface area contributed by atoms with Gasteiger partial charge in [0.2, 0.25) is 5.91 Å². The number of nitrogens with zero attached hydrogens (tertiary/aromatic N) is 3. The Morgan fingerprint density at radius 1 is 0.953 bits per heavy atom. The molecule has 2 heterocycles. The van der Waals surface area contributed by atoms with Crippen LogP contribution in [0.15, 0.2) is 48.5 Å². The van der Waals surface area contributed by atoms with Crippen LogP contribution in [-0.4, -0.2) is 70.0 Å². The number of carbonyl (C=O) groups is 3. The van der Waals surface area contributed by atoms with Gasteiger partial charge in [-0.2, -0.15) is 4.98 Å². The normalized spacial score (nSPS) is 14.0. The molecule has 2 amide bonds. The van der Waals surface area contributed by atoms with Crippen LogP contribution < -0.4 is 15.2 Å². The van der Waals surface area contributed by atoms with E-state index in [1.54, 1.807) is 35.8 Å². The molecule has 43 heavy (non-hydrogen) atoms. The molecule has 1 atom stereocenters. The number of aliphatic carboxylic acids is 1. The number of carbonyl (C=O) groups excluding carboxylic acids is 2. The van der Waals surface area contributed by atoms with Crippen molar-refractivity contribution in [1.29, 1.82) is 0 Å². The van der Waals surface area contributed by atoms with Gasteiger partial charge in [0.15, 0.2) is 17.7 Å². The minimum absolute atomic E-state index is 0.0299. The van der Waals surface area contributed by atoms with Gasteiger partial charge in [0.1, 0.15) is 5.75 Å². The van der Waals surface area contributed by atoms with Gasteiger partial charge in [0.05, 0.1) is 0 Å². The Kier molecular flexibility index (Phi) is 9.92.